The highest BCUT2D eigenvalue weighted by atomic mass is 16.5. The van der Waals surface area contributed by atoms with Gasteiger partial charge in [-0.1, -0.05) is 49.7 Å². The second-order valence-corrected chi connectivity index (χ2v) is 7.03. The third kappa shape index (κ3) is 5.94. The molecule has 0 aliphatic rings. The van der Waals surface area contributed by atoms with Crippen LogP contribution in [0, 0.1) is 19.8 Å². The second-order valence-electron chi connectivity index (χ2n) is 7.03. The highest BCUT2D eigenvalue weighted by Crippen LogP contribution is 2.11. The van der Waals surface area contributed by atoms with E-state index in [0.717, 1.165) is 11.1 Å². The summed E-state index contributed by atoms with van der Waals surface area (Å²) in [5, 5.41) is 5.37. The summed E-state index contributed by atoms with van der Waals surface area (Å²) >= 11 is 0. The fourth-order valence-corrected chi connectivity index (χ4v) is 2.60. The lowest BCUT2D eigenvalue weighted by molar-refractivity contribution is -0.150. The number of hydrogen-bond acceptors (Lipinski definition) is 4. The van der Waals surface area contributed by atoms with Crippen LogP contribution in [0.5, 0.6) is 0 Å². The van der Waals surface area contributed by atoms with Crippen LogP contribution in [0.2, 0.25) is 0 Å². The lowest BCUT2D eigenvalue weighted by Gasteiger charge is -2.21. The Morgan fingerprint density at radius 3 is 2.21 bits per heavy atom. The van der Waals surface area contributed by atoms with Crippen molar-refractivity contribution in [1.29, 1.82) is 0 Å². The van der Waals surface area contributed by atoms with E-state index in [4.69, 9.17) is 4.74 Å². The number of carbonyl (C=O) groups is 3. The fraction of sp³-hybridized carbons (Fsp3) is 0.318. The van der Waals surface area contributed by atoms with Crippen LogP contribution in [-0.2, 0) is 14.3 Å². The highest BCUT2D eigenvalue weighted by molar-refractivity contribution is 5.98. The van der Waals surface area contributed by atoms with E-state index in [1.165, 1.54) is 0 Å². The zero-order valence-corrected chi connectivity index (χ0v) is 16.6. The molecule has 0 saturated carbocycles. The van der Waals surface area contributed by atoms with Gasteiger partial charge in [-0.3, -0.25) is 9.59 Å². The van der Waals surface area contributed by atoms with E-state index in [0.29, 0.717) is 11.3 Å². The van der Waals surface area contributed by atoms with Crippen LogP contribution < -0.4 is 10.6 Å². The van der Waals surface area contributed by atoms with Gasteiger partial charge in [0.25, 0.3) is 11.8 Å². The SMILES string of the molecule is Cc1ccc(NC(=O)COC(=O)C(NC(=O)c2ccccc2C)C(C)C)cc1. The zero-order chi connectivity index (χ0) is 20.7. The molecule has 0 bridgehead atoms. The van der Waals surface area contributed by atoms with Crippen molar-refractivity contribution in [3.05, 3.63) is 65.2 Å². The summed E-state index contributed by atoms with van der Waals surface area (Å²) in [6.45, 7) is 6.96. The summed E-state index contributed by atoms with van der Waals surface area (Å²) in [6.07, 6.45) is 0. The van der Waals surface area contributed by atoms with Gasteiger partial charge in [-0.25, -0.2) is 4.79 Å². The van der Waals surface area contributed by atoms with E-state index >= 15 is 0 Å². The maximum atomic E-state index is 12.5. The molecule has 2 rings (SSSR count). The summed E-state index contributed by atoms with van der Waals surface area (Å²) in [7, 11) is 0. The van der Waals surface area contributed by atoms with E-state index in [2.05, 4.69) is 10.6 Å². The molecule has 28 heavy (non-hydrogen) atoms. The van der Waals surface area contributed by atoms with Gasteiger partial charge in [-0.15, -0.1) is 0 Å². The average molecular weight is 382 g/mol. The third-order valence-electron chi connectivity index (χ3n) is 4.28. The lowest BCUT2D eigenvalue weighted by Crippen LogP contribution is -2.46. The fourth-order valence-electron chi connectivity index (χ4n) is 2.60. The molecule has 0 heterocycles. The molecule has 0 spiro atoms. The number of benzene rings is 2. The normalized spacial score (nSPS) is 11.6. The average Bonchev–Trinajstić information content (AvgIpc) is 2.66. The van der Waals surface area contributed by atoms with Crippen LogP contribution in [0.1, 0.15) is 35.3 Å². The van der Waals surface area contributed by atoms with Crippen LogP contribution in [0.15, 0.2) is 48.5 Å². The summed E-state index contributed by atoms with van der Waals surface area (Å²) in [6, 6.07) is 13.6. The minimum absolute atomic E-state index is 0.194. The molecule has 2 aromatic rings. The third-order valence-corrected chi connectivity index (χ3v) is 4.28. The van der Waals surface area contributed by atoms with Crippen molar-refractivity contribution in [3.8, 4) is 0 Å². The molecular weight excluding hydrogens is 356 g/mol. The van der Waals surface area contributed by atoms with E-state index in [1.807, 2.05) is 38.1 Å². The minimum atomic E-state index is -0.848. The smallest absolute Gasteiger partial charge is 0.329 e. The molecule has 0 aliphatic carbocycles. The van der Waals surface area contributed by atoms with Crippen molar-refractivity contribution < 1.29 is 19.1 Å². The van der Waals surface area contributed by atoms with Gasteiger partial charge in [0.2, 0.25) is 0 Å². The van der Waals surface area contributed by atoms with Gasteiger partial charge in [-0.2, -0.15) is 0 Å². The van der Waals surface area contributed by atoms with Crippen molar-refractivity contribution in [1.82, 2.24) is 5.32 Å². The van der Waals surface area contributed by atoms with Crippen LogP contribution in [0.25, 0.3) is 0 Å². The standard InChI is InChI=1S/C22H26N2O4/c1-14(2)20(24-21(26)18-8-6-5-7-16(18)4)22(27)28-13-19(25)23-17-11-9-15(3)10-12-17/h5-12,14,20H,13H2,1-4H3,(H,23,25)(H,24,26). The molecule has 0 radical (unpaired) electrons. The Bertz CT molecular complexity index is 844. The van der Waals surface area contributed by atoms with Gasteiger partial charge in [0.15, 0.2) is 6.61 Å². The molecule has 1 atom stereocenters. The van der Waals surface area contributed by atoms with Gasteiger partial charge in [0, 0.05) is 11.3 Å². The van der Waals surface area contributed by atoms with Crippen LogP contribution in [0.3, 0.4) is 0 Å². The van der Waals surface area contributed by atoms with Crippen LogP contribution in [0.4, 0.5) is 5.69 Å². The number of anilines is 1. The second kappa shape index (κ2) is 9.69. The van der Waals surface area contributed by atoms with Gasteiger partial charge in [0.1, 0.15) is 6.04 Å². The number of nitrogens with one attached hydrogen (secondary N) is 2. The monoisotopic (exact) mass is 382 g/mol. The Kier molecular flexibility index (Phi) is 7.32. The van der Waals surface area contributed by atoms with Crippen molar-refractivity contribution in [2.75, 3.05) is 11.9 Å². The number of aryl methyl sites for hydroxylation is 2. The van der Waals surface area contributed by atoms with E-state index in [1.54, 1.807) is 38.1 Å². The summed E-state index contributed by atoms with van der Waals surface area (Å²) in [5.74, 6) is -1.63. The first-order chi connectivity index (χ1) is 13.3. The topological polar surface area (TPSA) is 84.5 Å². The minimum Gasteiger partial charge on any atom is -0.454 e. The molecule has 0 saturated heterocycles. The largest absolute Gasteiger partial charge is 0.454 e. The molecule has 2 N–H and O–H groups in total. The van der Waals surface area contributed by atoms with Gasteiger partial charge in [-0.05, 0) is 43.5 Å². The first kappa shape index (κ1) is 21.2. The molecule has 6 nitrogen and oxygen atoms in total. The Labute approximate surface area is 165 Å². The van der Waals surface area contributed by atoms with Gasteiger partial charge >= 0.3 is 5.97 Å². The molecule has 1 unspecified atom stereocenters. The summed E-state index contributed by atoms with van der Waals surface area (Å²) < 4.78 is 5.12. The highest BCUT2D eigenvalue weighted by Gasteiger charge is 2.27. The predicted molar refractivity (Wildman–Crippen MR) is 108 cm³/mol. The maximum Gasteiger partial charge on any atom is 0.329 e. The predicted octanol–water partition coefficient (Wildman–Crippen LogP) is 3.24. The number of hydrogen-bond donors (Lipinski definition) is 2. The number of ether oxygens (including phenoxy) is 1. The molecule has 0 fully saturated rings. The quantitative estimate of drug-likeness (QED) is 0.720. The van der Waals surface area contributed by atoms with Gasteiger partial charge < -0.3 is 15.4 Å². The molecular formula is C22H26N2O4. The maximum absolute atomic E-state index is 12.5. The summed E-state index contributed by atoms with van der Waals surface area (Å²) in [4.78, 5) is 36.9. The van der Waals surface area contributed by atoms with Crippen LogP contribution in [-0.4, -0.2) is 30.4 Å². The zero-order valence-electron chi connectivity index (χ0n) is 16.6. The van der Waals surface area contributed by atoms with Crippen molar-refractivity contribution in [2.24, 2.45) is 5.92 Å². The molecule has 2 aromatic carbocycles. The Morgan fingerprint density at radius 2 is 1.61 bits per heavy atom. The lowest BCUT2D eigenvalue weighted by atomic mass is 10.0. The number of carbonyl (C=O) groups excluding carboxylic acids is 3. The van der Waals surface area contributed by atoms with E-state index in [9.17, 15) is 14.4 Å². The first-order valence-electron chi connectivity index (χ1n) is 9.17. The van der Waals surface area contributed by atoms with Crippen molar-refractivity contribution >= 4 is 23.5 Å². The van der Waals surface area contributed by atoms with Crippen molar-refractivity contribution in [2.45, 2.75) is 33.7 Å². The molecule has 2 amide bonds. The molecule has 148 valence electrons. The number of amides is 2. The number of rotatable bonds is 7. The van der Waals surface area contributed by atoms with Crippen molar-refractivity contribution in [3.63, 3.8) is 0 Å². The summed E-state index contributed by atoms with van der Waals surface area (Å²) in [5.41, 5.74) is 3.01. The molecule has 6 heteroatoms. The van der Waals surface area contributed by atoms with E-state index in [-0.39, 0.29) is 11.8 Å². The van der Waals surface area contributed by atoms with Crippen LogP contribution >= 0.6 is 0 Å². The Hall–Kier alpha value is -3.15. The van der Waals surface area contributed by atoms with E-state index < -0.39 is 24.5 Å². The molecule has 0 aromatic heterocycles. The molecule has 0 aliphatic heterocycles. The number of esters is 1. The van der Waals surface area contributed by atoms with Gasteiger partial charge in [0.05, 0.1) is 0 Å². The Balaban J connectivity index is 1.93. The first-order valence-corrected chi connectivity index (χ1v) is 9.17. The Morgan fingerprint density at radius 1 is 0.964 bits per heavy atom.